The maximum absolute atomic E-state index is 11.1. The summed E-state index contributed by atoms with van der Waals surface area (Å²) in [6.45, 7) is 8.50. The number of β-amino-alcohol motifs (C(OH)–C–C–N with tert-alkyl or cyclic N) is 1. The third-order valence-corrected chi connectivity index (χ3v) is 10.0. The van der Waals surface area contributed by atoms with Crippen LogP contribution in [0.15, 0.2) is 72.8 Å². The number of aliphatic hydroxyl groups is 1. The second-order valence-electron chi connectivity index (χ2n) is 13.4. The van der Waals surface area contributed by atoms with Crippen LogP contribution in [0.25, 0.3) is 11.1 Å². The van der Waals surface area contributed by atoms with Crippen molar-refractivity contribution in [2.45, 2.75) is 58.5 Å². The van der Waals surface area contributed by atoms with Gasteiger partial charge in [-0.05, 0) is 90.4 Å². The molecule has 2 heterocycles. The standard InChI is InChI=1S/C41H46ClN5O4/c1-28-31(9-3-10-34(28)35-11-4-12-38-36(35)14-18-47(38)17-6-16-46-24-33(48)25-46)27-51-40-21-39(50-26-30-8-2-7-29(19-30)22-43)32(20-37(40)42)23-45-15-5-13-41(44)49/h2-4,7-12,19-21,33,45,48H,5-6,13-18,23-27H2,1H3,(H2,44,49). The van der Waals surface area contributed by atoms with Gasteiger partial charge in [0.05, 0.1) is 22.8 Å². The summed E-state index contributed by atoms with van der Waals surface area (Å²) in [6, 6.07) is 26.2. The second kappa shape index (κ2) is 17.1. The zero-order valence-electron chi connectivity index (χ0n) is 29.2. The number of nitrogens with zero attached hydrogens (tertiary/aromatic N) is 3. The Labute approximate surface area is 305 Å². The number of benzene rings is 4. The molecular weight excluding hydrogens is 662 g/mol. The number of amides is 1. The van der Waals surface area contributed by atoms with Crippen LogP contribution in [-0.4, -0.2) is 61.3 Å². The van der Waals surface area contributed by atoms with E-state index >= 15 is 0 Å². The van der Waals surface area contributed by atoms with Gasteiger partial charge in [-0.15, -0.1) is 0 Å². The first kappa shape index (κ1) is 36.2. The molecule has 0 radical (unpaired) electrons. The van der Waals surface area contributed by atoms with E-state index in [4.69, 9.17) is 26.8 Å². The first-order chi connectivity index (χ1) is 24.8. The SMILES string of the molecule is Cc1c(COc2cc(OCc3cccc(C#N)c3)c(CNCCCC(N)=O)cc2Cl)cccc1-c1cccc2c1CCN2CCCN1CC(O)C1. The number of hydrogen-bond donors (Lipinski definition) is 3. The number of carbonyl (C=O) groups is 1. The lowest BCUT2D eigenvalue weighted by atomic mass is 9.92. The summed E-state index contributed by atoms with van der Waals surface area (Å²) in [4.78, 5) is 16.0. The molecule has 1 fully saturated rings. The predicted octanol–water partition coefficient (Wildman–Crippen LogP) is 6.13. The van der Waals surface area contributed by atoms with Crippen molar-refractivity contribution >= 4 is 23.2 Å². The van der Waals surface area contributed by atoms with Gasteiger partial charge >= 0.3 is 0 Å². The molecule has 2 aliphatic heterocycles. The van der Waals surface area contributed by atoms with Crippen LogP contribution in [0.1, 0.15) is 52.6 Å². The van der Waals surface area contributed by atoms with Crippen molar-refractivity contribution in [3.63, 3.8) is 0 Å². The summed E-state index contributed by atoms with van der Waals surface area (Å²) in [5.41, 5.74) is 15.0. The van der Waals surface area contributed by atoms with E-state index in [2.05, 4.69) is 64.5 Å². The van der Waals surface area contributed by atoms with Gasteiger partial charge < -0.3 is 30.5 Å². The number of hydrogen-bond acceptors (Lipinski definition) is 8. The Bertz CT molecular complexity index is 1890. The van der Waals surface area contributed by atoms with Crippen LogP contribution in [0.2, 0.25) is 5.02 Å². The highest BCUT2D eigenvalue weighted by Crippen LogP contribution is 2.39. The fraction of sp³-hybridized carbons (Fsp3) is 0.366. The quantitative estimate of drug-likeness (QED) is 0.112. The number of rotatable bonds is 17. The maximum atomic E-state index is 11.1. The molecule has 1 saturated heterocycles. The molecule has 0 spiro atoms. The zero-order chi connectivity index (χ0) is 35.7. The van der Waals surface area contributed by atoms with Crippen molar-refractivity contribution < 1.29 is 19.4 Å². The molecule has 10 heteroatoms. The second-order valence-corrected chi connectivity index (χ2v) is 13.8. The van der Waals surface area contributed by atoms with Crippen LogP contribution in [0.5, 0.6) is 11.5 Å². The van der Waals surface area contributed by atoms with Gasteiger partial charge in [-0.25, -0.2) is 0 Å². The number of carbonyl (C=O) groups excluding carboxylic acids is 1. The molecule has 4 aromatic rings. The highest BCUT2D eigenvalue weighted by molar-refractivity contribution is 6.32. The van der Waals surface area contributed by atoms with Gasteiger partial charge in [-0.2, -0.15) is 5.26 Å². The molecule has 0 bridgehead atoms. The van der Waals surface area contributed by atoms with Gasteiger partial charge in [0.1, 0.15) is 24.7 Å². The van der Waals surface area contributed by atoms with Crippen LogP contribution in [0, 0.1) is 18.3 Å². The van der Waals surface area contributed by atoms with E-state index in [9.17, 15) is 15.2 Å². The third-order valence-electron chi connectivity index (χ3n) is 9.74. The Morgan fingerprint density at radius 2 is 1.76 bits per heavy atom. The molecule has 4 aromatic carbocycles. The Morgan fingerprint density at radius 1 is 0.980 bits per heavy atom. The molecular formula is C41H46ClN5O4. The molecule has 0 saturated carbocycles. The molecule has 2 aliphatic rings. The molecule has 0 aromatic heterocycles. The lowest BCUT2D eigenvalue weighted by Gasteiger charge is -2.36. The molecule has 4 N–H and O–H groups in total. The van der Waals surface area contributed by atoms with E-state index in [0.717, 1.165) is 62.3 Å². The third kappa shape index (κ3) is 9.21. The summed E-state index contributed by atoms with van der Waals surface area (Å²) in [5.74, 6) is 0.817. The van der Waals surface area contributed by atoms with Crippen molar-refractivity contribution in [2.24, 2.45) is 5.73 Å². The fourth-order valence-corrected chi connectivity index (χ4v) is 7.19. The number of primary amides is 1. The van der Waals surface area contributed by atoms with E-state index in [1.54, 1.807) is 6.07 Å². The minimum atomic E-state index is -0.322. The van der Waals surface area contributed by atoms with Crippen molar-refractivity contribution in [1.29, 1.82) is 5.26 Å². The highest BCUT2D eigenvalue weighted by atomic mass is 35.5. The Hall–Kier alpha value is -4.59. The average Bonchev–Trinajstić information content (AvgIpc) is 3.53. The number of halogens is 1. The predicted molar refractivity (Wildman–Crippen MR) is 201 cm³/mol. The molecule has 266 valence electrons. The van der Waals surface area contributed by atoms with Gasteiger partial charge in [-0.3, -0.25) is 9.69 Å². The smallest absolute Gasteiger partial charge is 0.217 e. The molecule has 6 rings (SSSR count). The summed E-state index contributed by atoms with van der Waals surface area (Å²) >= 11 is 6.80. The largest absolute Gasteiger partial charge is 0.488 e. The van der Waals surface area contributed by atoms with Crippen LogP contribution in [0.4, 0.5) is 5.69 Å². The average molecular weight is 708 g/mol. The highest BCUT2D eigenvalue weighted by Gasteiger charge is 2.26. The van der Waals surface area contributed by atoms with Gasteiger partial charge in [0, 0.05) is 63.0 Å². The van der Waals surface area contributed by atoms with Crippen LogP contribution in [-0.2, 0) is 31.0 Å². The lowest BCUT2D eigenvalue weighted by Crippen LogP contribution is -2.51. The Morgan fingerprint density at radius 3 is 2.57 bits per heavy atom. The monoisotopic (exact) mass is 707 g/mol. The van der Waals surface area contributed by atoms with Crippen LogP contribution in [0.3, 0.4) is 0 Å². The van der Waals surface area contributed by atoms with Crippen molar-refractivity contribution in [3.8, 4) is 28.7 Å². The van der Waals surface area contributed by atoms with Gasteiger partial charge in [0.2, 0.25) is 5.91 Å². The van der Waals surface area contributed by atoms with E-state index in [1.165, 1.54) is 27.9 Å². The van der Waals surface area contributed by atoms with Crippen LogP contribution >= 0.6 is 11.6 Å². The molecule has 0 aliphatic carbocycles. The Kier molecular flexibility index (Phi) is 12.1. The normalized spacial score (nSPS) is 14.2. The minimum absolute atomic E-state index is 0.154. The number of ether oxygens (including phenoxy) is 2. The van der Waals surface area contributed by atoms with E-state index in [-0.39, 0.29) is 18.6 Å². The maximum Gasteiger partial charge on any atom is 0.217 e. The molecule has 1 amide bonds. The van der Waals surface area contributed by atoms with Gasteiger partial charge in [-0.1, -0.05) is 54.1 Å². The van der Waals surface area contributed by atoms with Crippen molar-refractivity contribution in [3.05, 3.63) is 111 Å². The van der Waals surface area contributed by atoms with Crippen molar-refractivity contribution in [1.82, 2.24) is 10.2 Å². The molecule has 51 heavy (non-hydrogen) atoms. The summed E-state index contributed by atoms with van der Waals surface area (Å²) in [5, 5.41) is 22.7. The molecule has 0 unspecified atom stereocenters. The number of nitriles is 1. The van der Waals surface area contributed by atoms with E-state index < -0.39 is 0 Å². The number of fused-ring (bicyclic) bond motifs is 1. The summed E-state index contributed by atoms with van der Waals surface area (Å²) < 4.78 is 12.7. The summed E-state index contributed by atoms with van der Waals surface area (Å²) in [6.07, 6.45) is 2.89. The first-order valence-electron chi connectivity index (χ1n) is 17.7. The van der Waals surface area contributed by atoms with Gasteiger partial charge in [0.25, 0.3) is 0 Å². The van der Waals surface area contributed by atoms with E-state index in [0.29, 0.717) is 54.6 Å². The van der Waals surface area contributed by atoms with E-state index in [1.807, 2.05) is 30.3 Å². The van der Waals surface area contributed by atoms with Gasteiger partial charge in [0.15, 0.2) is 0 Å². The first-order valence-corrected chi connectivity index (χ1v) is 18.1. The topological polar surface area (TPSA) is 124 Å². The number of aliphatic hydroxyl groups excluding tert-OH is 1. The fourth-order valence-electron chi connectivity index (χ4n) is 6.94. The Balaban J connectivity index is 1.16. The lowest BCUT2D eigenvalue weighted by molar-refractivity contribution is -0.118. The molecule has 9 nitrogen and oxygen atoms in total. The van der Waals surface area contributed by atoms with Crippen LogP contribution < -0.4 is 25.4 Å². The number of anilines is 1. The number of nitrogens with one attached hydrogen (secondary N) is 1. The van der Waals surface area contributed by atoms with Crippen molar-refractivity contribution in [2.75, 3.05) is 44.2 Å². The molecule has 0 atom stereocenters. The number of nitrogens with two attached hydrogens (primary N) is 1. The minimum Gasteiger partial charge on any atom is -0.488 e. The summed E-state index contributed by atoms with van der Waals surface area (Å²) in [7, 11) is 0. The zero-order valence-corrected chi connectivity index (χ0v) is 29.9. The number of likely N-dealkylation sites (tertiary alicyclic amines) is 1.